The average Bonchev–Trinajstić information content (AvgIpc) is 3.13. The fraction of sp³-hybridized carbons (Fsp3) is 0.333. The molecule has 1 saturated carbocycles. The van der Waals surface area contributed by atoms with Gasteiger partial charge in [-0.3, -0.25) is 15.1 Å². The smallest absolute Gasteiger partial charge is 0.413 e. The molecule has 1 aliphatic rings. The Balaban J connectivity index is 1.43. The van der Waals surface area contributed by atoms with Crippen molar-refractivity contribution in [3.8, 4) is 11.4 Å². The molecule has 2 N–H and O–H groups in total. The predicted molar refractivity (Wildman–Crippen MR) is 118 cm³/mol. The topological polar surface area (TPSA) is 124 Å². The maximum absolute atomic E-state index is 13.4. The molecule has 1 fully saturated rings. The van der Waals surface area contributed by atoms with E-state index in [2.05, 4.69) is 30.9 Å². The third-order valence-corrected chi connectivity index (χ3v) is 5.74. The number of aryl methyl sites for hydroxylation is 1. The van der Waals surface area contributed by atoms with E-state index < -0.39 is 29.9 Å². The van der Waals surface area contributed by atoms with E-state index in [4.69, 9.17) is 16.3 Å². The predicted octanol–water partition coefficient (Wildman–Crippen LogP) is 4.22. The van der Waals surface area contributed by atoms with Crippen molar-refractivity contribution in [2.45, 2.75) is 31.8 Å². The van der Waals surface area contributed by atoms with E-state index in [9.17, 15) is 18.4 Å². The van der Waals surface area contributed by atoms with Crippen LogP contribution in [0.2, 0.25) is 5.15 Å². The van der Waals surface area contributed by atoms with Gasteiger partial charge in [-0.25, -0.2) is 23.2 Å². The third kappa shape index (κ3) is 4.81. The van der Waals surface area contributed by atoms with Gasteiger partial charge in [0.15, 0.2) is 11.5 Å². The van der Waals surface area contributed by atoms with Crippen LogP contribution in [0.25, 0.3) is 11.4 Å². The Bertz CT molecular complexity index is 1220. The quantitative estimate of drug-likeness (QED) is 0.495. The number of anilines is 2. The Morgan fingerprint density at radius 2 is 2.06 bits per heavy atom. The highest BCUT2D eigenvalue weighted by Gasteiger charge is 2.52. The van der Waals surface area contributed by atoms with Crippen molar-refractivity contribution in [1.29, 1.82) is 0 Å². The molecule has 13 heteroatoms. The van der Waals surface area contributed by atoms with Gasteiger partial charge in [-0.15, -0.1) is 5.10 Å². The lowest BCUT2D eigenvalue weighted by atomic mass is 9.80. The van der Waals surface area contributed by atoms with Crippen molar-refractivity contribution in [2.75, 3.05) is 10.6 Å². The molecule has 0 spiro atoms. The molecule has 2 atom stereocenters. The number of pyridine rings is 2. The number of carbonyl (C=O) groups is 2. The number of carbonyl (C=O) groups excluding carboxylic acids is 2. The Kier molecular flexibility index (Phi) is 6.42. The van der Waals surface area contributed by atoms with Crippen molar-refractivity contribution in [3.63, 3.8) is 0 Å². The minimum atomic E-state index is -2.98. The minimum Gasteiger partial charge on any atom is -0.441 e. The van der Waals surface area contributed by atoms with E-state index >= 15 is 0 Å². The van der Waals surface area contributed by atoms with E-state index in [0.717, 1.165) is 0 Å². The SMILES string of the molecule is C[C@@H](OC(=O)Nc1c(-c2ccc(NC(=O)C3CCC3(F)F)cn2)nnn1C)c1cccnc1Cl. The molecule has 0 aliphatic heterocycles. The molecule has 1 unspecified atom stereocenters. The number of hydrogen-bond donors (Lipinski definition) is 2. The van der Waals surface area contributed by atoms with Gasteiger partial charge in [0.25, 0.3) is 5.92 Å². The zero-order chi connectivity index (χ0) is 24.5. The Labute approximate surface area is 197 Å². The molecular formula is C21H20ClF2N7O3. The standard InChI is InChI=1S/C21H20ClF2N7O3/c1-11(13-4-3-9-25-17(13)22)34-20(33)28-18-16(29-30-31(18)2)15-6-5-12(10-26-15)27-19(32)14-7-8-21(14,23)24/h3-6,9-11,14H,7-8H2,1-2H3,(H,27,32)(H,28,33)/t11-,14?/m1/s1. The molecular weight excluding hydrogens is 472 g/mol. The number of nitrogens with zero attached hydrogens (tertiary/aromatic N) is 5. The van der Waals surface area contributed by atoms with Crippen LogP contribution in [-0.2, 0) is 16.6 Å². The minimum absolute atomic E-state index is 0.140. The first-order valence-electron chi connectivity index (χ1n) is 10.3. The second-order valence-corrected chi connectivity index (χ2v) is 8.10. The first-order chi connectivity index (χ1) is 16.2. The van der Waals surface area contributed by atoms with Crippen LogP contribution in [-0.4, -0.2) is 42.9 Å². The van der Waals surface area contributed by atoms with Crippen molar-refractivity contribution in [1.82, 2.24) is 25.0 Å². The highest BCUT2D eigenvalue weighted by atomic mass is 35.5. The van der Waals surface area contributed by atoms with Gasteiger partial charge in [0, 0.05) is 25.2 Å². The zero-order valence-electron chi connectivity index (χ0n) is 18.1. The van der Waals surface area contributed by atoms with Crippen LogP contribution in [0, 0.1) is 5.92 Å². The molecule has 2 amide bonds. The maximum Gasteiger partial charge on any atom is 0.413 e. The lowest BCUT2D eigenvalue weighted by Gasteiger charge is -2.34. The lowest BCUT2D eigenvalue weighted by Crippen LogP contribution is -2.46. The zero-order valence-corrected chi connectivity index (χ0v) is 18.9. The van der Waals surface area contributed by atoms with E-state index in [0.29, 0.717) is 11.3 Å². The Hall–Kier alpha value is -3.67. The van der Waals surface area contributed by atoms with Gasteiger partial charge >= 0.3 is 6.09 Å². The molecule has 0 radical (unpaired) electrons. The summed E-state index contributed by atoms with van der Waals surface area (Å²) < 4.78 is 33.6. The summed E-state index contributed by atoms with van der Waals surface area (Å²) in [5.74, 6) is -4.85. The highest BCUT2D eigenvalue weighted by Crippen LogP contribution is 2.43. The number of rotatable bonds is 6. The van der Waals surface area contributed by atoms with Crippen LogP contribution in [0.5, 0.6) is 0 Å². The highest BCUT2D eigenvalue weighted by molar-refractivity contribution is 6.30. The summed E-state index contributed by atoms with van der Waals surface area (Å²) >= 11 is 6.04. The summed E-state index contributed by atoms with van der Waals surface area (Å²) in [6, 6.07) is 6.39. The number of alkyl halides is 2. The van der Waals surface area contributed by atoms with Crippen LogP contribution < -0.4 is 10.6 Å². The molecule has 1 aliphatic carbocycles. The molecule has 0 aromatic carbocycles. The summed E-state index contributed by atoms with van der Waals surface area (Å²) in [5, 5.41) is 13.2. The van der Waals surface area contributed by atoms with Gasteiger partial charge in [0.05, 0.1) is 17.6 Å². The molecule has 0 saturated heterocycles. The molecule has 3 aromatic rings. The number of aromatic nitrogens is 5. The van der Waals surface area contributed by atoms with Crippen molar-refractivity contribution < 1.29 is 23.1 Å². The van der Waals surface area contributed by atoms with E-state index in [1.807, 2.05) is 0 Å². The third-order valence-electron chi connectivity index (χ3n) is 5.42. The second-order valence-electron chi connectivity index (χ2n) is 7.74. The first kappa shape index (κ1) is 23.5. The van der Waals surface area contributed by atoms with Crippen LogP contribution in [0.3, 0.4) is 0 Å². The summed E-state index contributed by atoms with van der Waals surface area (Å²) in [5.41, 5.74) is 1.38. The van der Waals surface area contributed by atoms with Gasteiger partial charge in [-0.05, 0) is 31.5 Å². The number of ether oxygens (including phenoxy) is 1. The van der Waals surface area contributed by atoms with Crippen LogP contribution >= 0.6 is 11.6 Å². The fourth-order valence-corrected chi connectivity index (χ4v) is 3.66. The van der Waals surface area contributed by atoms with Crippen LogP contribution in [0.15, 0.2) is 36.7 Å². The van der Waals surface area contributed by atoms with E-state index in [1.165, 1.54) is 29.2 Å². The summed E-state index contributed by atoms with van der Waals surface area (Å²) in [6.07, 6.45) is 1.24. The number of halogens is 3. The van der Waals surface area contributed by atoms with Gasteiger partial charge in [0.1, 0.15) is 17.2 Å². The molecule has 178 valence electrons. The van der Waals surface area contributed by atoms with Gasteiger partial charge in [-0.1, -0.05) is 22.9 Å². The number of nitrogens with one attached hydrogen (secondary N) is 2. The number of hydrogen-bond acceptors (Lipinski definition) is 7. The maximum atomic E-state index is 13.4. The Morgan fingerprint density at radius 1 is 1.26 bits per heavy atom. The van der Waals surface area contributed by atoms with E-state index in [1.54, 1.807) is 26.1 Å². The Morgan fingerprint density at radius 3 is 2.68 bits per heavy atom. The largest absolute Gasteiger partial charge is 0.441 e. The van der Waals surface area contributed by atoms with Crippen LogP contribution in [0.4, 0.5) is 25.1 Å². The van der Waals surface area contributed by atoms with Crippen molar-refractivity contribution in [2.24, 2.45) is 13.0 Å². The molecule has 10 nitrogen and oxygen atoms in total. The molecule has 3 heterocycles. The molecule has 4 rings (SSSR count). The molecule has 0 bridgehead atoms. The van der Waals surface area contributed by atoms with Crippen molar-refractivity contribution >= 4 is 35.1 Å². The lowest BCUT2D eigenvalue weighted by molar-refractivity contribution is -0.157. The normalized spacial score (nSPS) is 17.4. The van der Waals surface area contributed by atoms with Crippen molar-refractivity contribution in [3.05, 3.63) is 47.4 Å². The average molecular weight is 492 g/mol. The van der Waals surface area contributed by atoms with Gasteiger partial charge in [0.2, 0.25) is 5.91 Å². The van der Waals surface area contributed by atoms with E-state index in [-0.39, 0.29) is 35.2 Å². The summed E-state index contributed by atoms with van der Waals surface area (Å²) in [4.78, 5) is 32.7. The summed E-state index contributed by atoms with van der Waals surface area (Å²) in [7, 11) is 1.57. The molecule has 3 aromatic heterocycles. The van der Waals surface area contributed by atoms with Gasteiger partial charge < -0.3 is 10.1 Å². The monoisotopic (exact) mass is 491 g/mol. The van der Waals surface area contributed by atoms with Gasteiger partial charge in [-0.2, -0.15) is 0 Å². The van der Waals surface area contributed by atoms with Crippen LogP contribution in [0.1, 0.15) is 31.4 Å². The molecule has 34 heavy (non-hydrogen) atoms. The first-order valence-corrected chi connectivity index (χ1v) is 10.7. The second kappa shape index (κ2) is 9.29. The fourth-order valence-electron chi connectivity index (χ4n) is 3.39. The summed E-state index contributed by atoms with van der Waals surface area (Å²) in [6.45, 7) is 1.65. The number of amides is 2.